The van der Waals surface area contributed by atoms with Gasteiger partial charge in [-0.3, -0.25) is 9.48 Å². The van der Waals surface area contributed by atoms with Crippen LogP contribution in [-0.2, 0) is 11.3 Å². The van der Waals surface area contributed by atoms with E-state index in [0.29, 0.717) is 12.5 Å². The van der Waals surface area contributed by atoms with E-state index >= 15 is 0 Å². The van der Waals surface area contributed by atoms with Crippen LogP contribution in [0, 0.1) is 0 Å². The molecule has 0 aliphatic rings. The molecule has 1 aromatic rings. The number of aromatic nitrogens is 2. The second-order valence-electron chi connectivity index (χ2n) is 4.59. The molecule has 0 aromatic carbocycles. The van der Waals surface area contributed by atoms with Gasteiger partial charge in [0.15, 0.2) is 5.96 Å². The first kappa shape index (κ1) is 20.7. The Balaban J connectivity index is 0.00000441. The minimum absolute atomic E-state index is 0. The molecule has 22 heavy (non-hydrogen) atoms. The molecule has 1 heterocycles. The average Bonchev–Trinajstić information content (AvgIpc) is 3.00. The number of aryl methyl sites for hydroxylation is 1. The van der Waals surface area contributed by atoms with Gasteiger partial charge in [-0.15, -0.1) is 24.0 Å². The lowest BCUT2D eigenvalue weighted by Gasteiger charge is -2.11. The lowest BCUT2D eigenvalue weighted by molar-refractivity contribution is -0.119. The molecule has 0 saturated heterocycles. The molecule has 1 rings (SSSR count). The summed E-state index contributed by atoms with van der Waals surface area (Å²) in [5.41, 5.74) is 0. The van der Waals surface area contributed by atoms with Crippen molar-refractivity contribution < 1.29 is 4.79 Å². The minimum atomic E-state index is -0.0504. The molecule has 7 nitrogen and oxygen atoms in total. The number of rotatable bonds is 9. The molecule has 3 N–H and O–H groups in total. The molecule has 0 saturated carbocycles. The largest absolute Gasteiger partial charge is 0.357 e. The van der Waals surface area contributed by atoms with Gasteiger partial charge in [-0.25, -0.2) is 4.99 Å². The second kappa shape index (κ2) is 13.4. The highest BCUT2D eigenvalue weighted by atomic mass is 127. The van der Waals surface area contributed by atoms with E-state index in [4.69, 9.17) is 0 Å². The topological polar surface area (TPSA) is 83.3 Å². The van der Waals surface area contributed by atoms with Crippen molar-refractivity contribution in [2.24, 2.45) is 4.99 Å². The summed E-state index contributed by atoms with van der Waals surface area (Å²) in [7, 11) is 0. The molecule has 1 amide bonds. The van der Waals surface area contributed by atoms with Gasteiger partial charge in [0.25, 0.3) is 0 Å². The van der Waals surface area contributed by atoms with Crippen LogP contribution in [0.4, 0.5) is 0 Å². The SMILES string of the molecule is CCCNC(=O)CN=C(NCC)NCCCn1cccn1.I. The highest BCUT2D eigenvalue weighted by molar-refractivity contribution is 14.0. The van der Waals surface area contributed by atoms with Crippen molar-refractivity contribution in [3.63, 3.8) is 0 Å². The highest BCUT2D eigenvalue weighted by Crippen LogP contribution is 1.88. The number of nitrogens with one attached hydrogen (secondary N) is 3. The Labute approximate surface area is 149 Å². The van der Waals surface area contributed by atoms with Crippen molar-refractivity contribution in [1.82, 2.24) is 25.7 Å². The molecular formula is C14H27IN6O. The van der Waals surface area contributed by atoms with Crippen LogP contribution < -0.4 is 16.0 Å². The van der Waals surface area contributed by atoms with E-state index in [-0.39, 0.29) is 36.4 Å². The van der Waals surface area contributed by atoms with E-state index in [1.807, 2.05) is 30.8 Å². The maximum Gasteiger partial charge on any atom is 0.241 e. The molecule has 0 spiro atoms. The summed E-state index contributed by atoms with van der Waals surface area (Å²) in [4.78, 5) is 15.8. The summed E-state index contributed by atoms with van der Waals surface area (Å²) >= 11 is 0. The standard InChI is InChI=1S/C14H26N6O.HI/c1-3-7-16-13(21)12-18-14(15-4-2)17-8-5-10-20-11-6-9-19-20;/h6,9,11H,3-5,7-8,10,12H2,1-2H3,(H,16,21)(H2,15,17,18);1H. The third-order valence-electron chi connectivity index (χ3n) is 2.71. The van der Waals surface area contributed by atoms with E-state index in [9.17, 15) is 4.79 Å². The van der Waals surface area contributed by atoms with Gasteiger partial charge in [-0.1, -0.05) is 6.92 Å². The molecule has 0 aliphatic heterocycles. The van der Waals surface area contributed by atoms with Crippen LogP contribution in [-0.4, -0.2) is 47.8 Å². The molecule has 0 bridgehead atoms. The van der Waals surface area contributed by atoms with Gasteiger partial charge in [0.1, 0.15) is 6.54 Å². The fourth-order valence-electron chi connectivity index (χ4n) is 1.69. The Kier molecular flexibility index (Phi) is 12.5. The number of halogens is 1. The molecule has 0 fully saturated rings. The van der Waals surface area contributed by atoms with Crippen molar-refractivity contribution in [2.75, 3.05) is 26.2 Å². The zero-order chi connectivity index (χ0) is 15.3. The highest BCUT2D eigenvalue weighted by Gasteiger charge is 2.01. The summed E-state index contributed by atoms with van der Waals surface area (Å²) in [6.07, 6.45) is 5.58. The molecule has 0 radical (unpaired) electrons. The second-order valence-corrected chi connectivity index (χ2v) is 4.59. The third-order valence-corrected chi connectivity index (χ3v) is 2.71. The molecular weight excluding hydrogens is 395 g/mol. The number of hydrogen-bond acceptors (Lipinski definition) is 3. The number of carbonyl (C=O) groups excluding carboxylic acids is 1. The quantitative estimate of drug-likeness (QED) is 0.240. The van der Waals surface area contributed by atoms with Crippen LogP contribution in [0.5, 0.6) is 0 Å². The maximum atomic E-state index is 11.5. The van der Waals surface area contributed by atoms with Crippen molar-refractivity contribution in [1.29, 1.82) is 0 Å². The summed E-state index contributed by atoms with van der Waals surface area (Å²) < 4.78 is 1.89. The number of aliphatic imine (C=N–C) groups is 1. The number of guanidine groups is 1. The Morgan fingerprint density at radius 1 is 1.23 bits per heavy atom. The van der Waals surface area contributed by atoms with Gasteiger partial charge in [0, 0.05) is 38.6 Å². The summed E-state index contributed by atoms with van der Waals surface area (Å²) in [5.74, 6) is 0.621. The van der Waals surface area contributed by atoms with E-state index in [1.165, 1.54) is 0 Å². The lowest BCUT2D eigenvalue weighted by atomic mass is 10.4. The zero-order valence-corrected chi connectivity index (χ0v) is 15.7. The van der Waals surface area contributed by atoms with E-state index in [2.05, 4.69) is 26.0 Å². The van der Waals surface area contributed by atoms with E-state index in [1.54, 1.807) is 6.20 Å². The summed E-state index contributed by atoms with van der Waals surface area (Å²) in [6.45, 7) is 7.27. The molecule has 0 aliphatic carbocycles. The molecule has 1 aromatic heterocycles. The van der Waals surface area contributed by atoms with Gasteiger partial charge < -0.3 is 16.0 Å². The van der Waals surface area contributed by atoms with Gasteiger partial charge in [-0.05, 0) is 25.8 Å². The lowest BCUT2D eigenvalue weighted by Crippen LogP contribution is -2.39. The van der Waals surface area contributed by atoms with Crippen LogP contribution in [0.1, 0.15) is 26.7 Å². The predicted molar refractivity (Wildman–Crippen MR) is 99.5 cm³/mol. The van der Waals surface area contributed by atoms with Crippen LogP contribution in [0.2, 0.25) is 0 Å². The zero-order valence-electron chi connectivity index (χ0n) is 13.3. The Morgan fingerprint density at radius 3 is 2.68 bits per heavy atom. The normalized spacial score (nSPS) is 10.7. The Morgan fingerprint density at radius 2 is 2.05 bits per heavy atom. The molecule has 126 valence electrons. The van der Waals surface area contributed by atoms with Crippen LogP contribution in [0.3, 0.4) is 0 Å². The number of amides is 1. The monoisotopic (exact) mass is 422 g/mol. The van der Waals surface area contributed by atoms with E-state index in [0.717, 1.165) is 32.5 Å². The van der Waals surface area contributed by atoms with Crippen molar-refractivity contribution in [3.05, 3.63) is 18.5 Å². The number of carbonyl (C=O) groups is 1. The predicted octanol–water partition coefficient (Wildman–Crippen LogP) is 0.972. The smallest absolute Gasteiger partial charge is 0.241 e. The van der Waals surface area contributed by atoms with Crippen molar-refractivity contribution in [3.8, 4) is 0 Å². The van der Waals surface area contributed by atoms with Crippen molar-refractivity contribution in [2.45, 2.75) is 33.2 Å². The third kappa shape index (κ3) is 9.59. The molecule has 8 heteroatoms. The van der Waals surface area contributed by atoms with Gasteiger partial charge >= 0.3 is 0 Å². The molecule has 0 unspecified atom stereocenters. The maximum absolute atomic E-state index is 11.5. The minimum Gasteiger partial charge on any atom is -0.357 e. The summed E-state index contributed by atoms with van der Waals surface area (Å²) in [6, 6.07) is 1.91. The van der Waals surface area contributed by atoms with Crippen LogP contribution >= 0.6 is 24.0 Å². The Hall–Kier alpha value is -1.32. The first-order valence-electron chi connectivity index (χ1n) is 7.52. The van der Waals surface area contributed by atoms with E-state index < -0.39 is 0 Å². The first-order valence-corrected chi connectivity index (χ1v) is 7.52. The first-order chi connectivity index (χ1) is 10.3. The fourth-order valence-corrected chi connectivity index (χ4v) is 1.69. The molecule has 0 atom stereocenters. The van der Waals surface area contributed by atoms with Gasteiger partial charge in [-0.2, -0.15) is 5.10 Å². The average molecular weight is 422 g/mol. The summed E-state index contributed by atoms with van der Waals surface area (Å²) in [5, 5.41) is 13.3. The van der Waals surface area contributed by atoms with Crippen LogP contribution in [0.15, 0.2) is 23.5 Å². The Bertz CT molecular complexity index is 421. The number of hydrogen-bond donors (Lipinski definition) is 3. The van der Waals surface area contributed by atoms with Crippen molar-refractivity contribution >= 4 is 35.8 Å². The van der Waals surface area contributed by atoms with Gasteiger partial charge in [0.05, 0.1) is 0 Å². The van der Waals surface area contributed by atoms with Crippen LogP contribution in [0.25, 0.3) is 0 Å². The fraction of sp³-hybridized carbons (Fsp3) is 0.643. The number of nitrogens with zero attached hydrogens (tertiary/aromatic N) is 3. The van der Waals surface area contributed by atoms with Gasteiger partial charge in [0.2, 0.25) is 5.91 Å².